The van der Waals surface area contributed by atoms with E-state index in [4.69, 9.17) is 17.0 Å². The smallest absolute Gasteiger partial charge is 0.270 e. The van der Waals surface area contributed by atoms with Crippen LogP contribution >= 0.6 is 11.6 Å². The van der Waals surface area contributed by atoms with E-state index < -0.39 is 21.6 Å². The first-order valence-corrected chi connectivity index (χ1v) is 4.07. The molecular weight excluding hydrogens is 224 g/mol. The quantitative estimate of drug-likeness (QED) is 0.353. The lowest BCUT2D eigenvalue weighted by atomic mass is 10.1. The maximum atomic E-state index is 10.6. The number of nitro groups is 1. The summed E-state index contributed by atoms with van der Waals surface area (Å²) >= 11 is 5.02. The topological polar surface area (TPSA) is 104 Å². The Labute approximate surface area is 88.8 Å². The lowest BCUT2D eigenvalue weighted by molar-refractivity contribution is -0.384. The second kappa shape index (κ2) is 4.05. The van der Waals surface area contributed by atoms with Crippen LogP contribution < -0.4 is 0 Å². The fourth-order valence-electron chi connectivity index (χ4n) is 0.944. The van der Waals surface area contributed by atoms with Gasteiger partial charge in [0.1, 0.15) is 11.5 Å². The first kappa shape index (κ1) is 11.1. The second-order valence-corrected chi connectivity index (χ2v) is 2.95. The largest absolute Gasteiger partial charge is 0.507 e. The number of phenols is 1. The molecule has 2 N–H and O–H groups in total. The van der Waals surface area contributed by atoms with Crippen molar-refractivity contribution in [3.8, 4) is 5.75 Å². The highest BCUT2D eigenvalue weighted by Gasteiger charge is 2.17. The summed E-state index contributed by atoms with van der Waals surface area (Å²) in [5.41, 5.74) is -1.27. The number of rotatable bonds is 3. The molecule has 1 aromatic rings. The van der Waals surface area contributed by atoms with Gasteiger partial charge < -0.3 is 5.11 Å². The van der Waals surface area contributed by atoms with E-state index in [0.717, 1.165) is 18.2 Å². The third-order valence-electron chi connectivity index (χ3n) is 1.66. The number of halogens is 1. The molecule has 6 nitrogen and oxygen atoms in total. The summed E-state index contributed by atoms with van der Waals surface area (Å²) in [5.74, 6) is -0.403. The number of hydrogen-bond acceptors (Lipinski definition) is 5. The summed E-state index contributed by atoms with van der Waals surface area (Å²) in [6, 6.07) is 3.00. The Hall–Kier alpha value is -1.95. The maximum Gasteiger partial charge on any atom is 0.270 e. The van der Waals surface area contributed by atoms with Gasteiger partial charge in [-0.25, -0.2) is 0 Å². The van der Waals surface area contributed by atoms with Crippen molar-refractivity contribution in [2.45, 2.75) is 0 Å². The van der Waals surface area contributed by atoms with Crippen LogP contribution in [0.25, 0.3) is 0 Å². The summed E-state index contributed by atoms with van der Waals surface area (Å²) < 4.78 is 0. The molecule has 1 rings (SSSR count). The lowest BCUT2D eigenvalue weighted by Crippen LogP contribution is -2.08. The number of nitrogens with zero attached hydrogens (tertiary/aromatic N) is 1. The van der Waals surface area contributed by atoms with Gasteiger partial charge in [-0.1, -0.05) is 0 Å². The third-order valence-corrected chi connectivity index (χ3v) is 1.85. The van der Waals surface area contributed by atoms with Crippen LogP contribution in [-0.4, -0.2) is 21.0 Å². The average molecular weight is 229 g/mol. The lowest BCUT2D eigenvalue weighted by Gasteiger charge is -2.01. The zero-order valence-corrected chi connectivity index (χ0v) is 7.99. The normalized spacial score (nSPS) is 9.67. The molecule has 0 saturated heterocycles. The van der Waals surface area contributed by atoms with E-state index in [1.54, 1.807) is 0 Å². The van der Waals surface area contributed by atoms with Gasteiger partial charge in [-0.05, 0) is 17.7 Å². The molecule has 0 bridgehead atoms. The summed E-state index contributed by atoms with van der Waals surface area (Å²) in [7, 11) is 0. The molecule has 0 unspecified atom stereocenters. The summed E-state index contributed by atoms with van der Waals surface area (Å²) in [4.78, 5) is 20.3. The number of hydrogen-bond donors (Lipinski definition) is 2. The fourth-order valence-corrected chi connectivity index (χ4v) is 1.05. The molecule has 78 valence electrons. The van der Waals surface area contributed by atoms with Crippen molar-refractivity contribution in [3.05, 3.63) is 33.9 Å². The Balaban J connectivity index is 3.28. The Morgan fingerprint density at radius 1 is 1.53 bits per heavy atom. The van der Waals surface area contributed by atoms with Crippen molar-refractivity contribution in [2.75, 3.05) is 0 Å². The van der Waals surface area contributed by atoms with Gasteiger partial charge in [0.2, 0.25) is 0 Å². The van der Waals surface area contributed by atoms with Crippen LogP contribution in [0.1, 0.15) is 5.56 Å². The maximum absolute atomic E-state index is 10.6. The summed E-state index contributed by atoms with van der Waals surface area (Å²) in [6.07, 6.45) is 0. The molecule has 0 aliphatic carbocycles. The first-order valence-electron chi connectivity index (χ1n) is 3.69. The molecule has 0 amide bonds. The number of non-ortho nitro benzene ring substituents is 1. The predicted molar refractivity (Wildman–Crippen MR) is 52.4 cm³/mol. The third kappa shape index (κ3) is 2.29. The van der Waals surface area contributed by atoms with Crippen molar-refractivity contribution in [1.82, 2.24) is 0 Å². The minimum atomic E-state index is -1.09. The molecule has 0 aliphatic rings. The van der Waals surface area contributed by atoms with E-state index in [0.29, 0.717) is 0 Å². The molecule has 1 aromatic carbocycles. The van der Waals surface area contributed by atoms with Crippen LogP contribution in [0.5, 0.6) is 5.75 Å². The first-order chi connectivity index (χ1) is 6.93. The molecule has 0 aromatic heterocycles. The monoisotopic (exact) mass is 228 g/mol. The molecule has 0 aliphatic heterocycles. The van der Waals surface area contributed by atoms with Crippen molar-refractivity contribution >= 4 is 28.2 Å². The molecule has 0 fully saturated rings. The molecule has 0 spiro atoms. The zero-order chi connectivity index (χ0) is 11.6. The van der Waals surface area contributed by atoms with Crippen LogP contribution in [0.4, 0.5) is 5.69 Å². The highest BCUT2D eigenvalue weighted by Crippen LogP contribution is 2.23. The predicted octanol–water partition coefficient (Wildman–Crippen LogP) is 1.43. The van der Waals surface area contributed by atoms with E-state index in [1.807, 2.05) is 0 Å². The summed E-state index contributed by atoms with van der Waals surface area (Å²) in [6.45, 7) is 0. The van der Waals surface area contributed by atoms with Crippen LogP contribution in [0.15, 0.2) is 18.2 Å². The van der Waals surface area contributed by atoms with E-state index in [9.17, 15) is 20.0 Å². The number of benzene rings is 1. The van der Waals surface area contributed by atoms with Gasteiger partial charge in [-0.3, -0.25) is 20.3 Å². The Morgan fingerprint density at radius 2 is 2.13 bits per heavy atom. The molecule has 7 heteroatoms. The molecule has 0 radical (unpaired) electrons. The second-order valence-electron chi connectivity index (χ2n) is 2.61. The average Bonchev–Trinajstić information content (AvgIpc) is 2.16. The van der Waals surface area contributed by atoms with E-state index in [-0.39, 0.29) is 11.3 Å². The van der Waals surface area contributed by atoms with Crippen LogP contribution in [0.3, 0.4) is 0 Å². The molecule has 0 saturated carbocycles. The van der Waals surface area contributed by atoms with E-state index in [2.05, 4.69) is 0 Å². The van der Waals surface area contributed by atoms with Crippen molar-refractivity contribution in [1.29, 1.82) is 5.41 Å². The standard InChI is InChI=1S/C8H5ClN2O4/c9-8(13)7(10)5-3-4(11(14)15)1-2-6(5)12/h1-3,10,12H. The highest BCUT2D eigenvalue weighted by atomic mass is 35.5. The van der Waals surface area contributed by atoms with Crippen molar-refractivity contribution in [3.63, 3.8) is 0 Å². The Bertz CT molecular complexity index is 458. The number of phenolic OH excluding ortho intramolecular Hbond substituents is 1. The van der Waals surface area contributed by atoms with Gasteiger partial charge in [-0.15, -0.1) is 0 Å². The van der Waals surface area contributed by atoms with Crippen LogP contribution in [0.2, 0.25) is 0 Å². The number of carbonyl (C=O) groups excluding carboxylic acids is 1. The van der Waals surface area contributed by atoms with Crippen LogP contribution in [0, 0.1) is 15.5 Å². The number of nitro benzene ring substituents is 1. The number of nitrogens with one attached hydrogen (secondary N) is 1. The van der Waals surface area contributed by atoms with Gasteiger partial charge in [-0.2, -0.15) is 0 Å². The molecule has 15 heavy (non-hydrogen) atoms. The van der Waals surface area contributed by atoms with Gasteiger partial charge in [0.25, 0.3) is 10.9 Å². The fraction of sp³-hybridized carbons (Fsp3) is 0. The highest BCUT2D eigenvalue weighted by molar-refractivity contribution is 6.83. The minimum absolute atomic E-state index is 0.260. The molecule has 0 heterocycles. The van der Waals surface area contributed by atoms with Crippen molar-refractivity contribution in [2.24, 2.45) is 0 Å². The van der Waals surface area contributed by atoms with Crippen LogP contribution in [-0.2, 0) is 4.79 Å². The number of aromatic hydroxyl groups is 1. The molecule has 0 atom stereocenters. The minimum Gasteiger partial charge on any atom is -0.507 e. The van der Waals surface area contributed by atoms with Gasteiger partial charge in [0.15, 0.2) is 0 Å². The molecular formula is C8H5ClN2O4. The SMILES string of the molecule is N=C(C(=O)Cl)c1cc([N+](=O)[O-])ccc1O. The Morgan fingerprint density at radius 3 is 2.60 bits per heavy atom. The summed E-state index contributed by atoms with van der Waals surface area (Å²) in [5, 5.41) is 25.8. The zero-order valence-electron chi connectivity index (χ0n) is 7.23. The Kier molecular flexibility index (Phi) is 3.01. The van der Waals surface area contributed by atoms with Gasteiger partial charge in [0, 0.05) is 12.1 Å². The van der Waals surface area contributed by atoms with E-state index in [1.165, 1.54) is 0 Å². The van der Waals surface area contributed by atoms with E-state index >= 15 is 0 Å². The van der Waals surface area contributed by atoms with Gasteiger partial charge >= 0.3 is 0 Å². The number of carbonyl (C=O) groups is 1. The van der Waals surface area contributed by atoms with Crippen molar-refractivity contribution < 1.29 is 14.8 Å². The van der Waals surface area contributed by atoms with Gasteiger partial charge in [0.05, 0.1) is 10.5 Å².